The number of nitrogens with two attached hydrogens (primary N) is 1. The molecule has 2 rings (SSSR count). The van der Waals surface area contributed by atoms with E-state index in [-0.39, 0.29) is 22.8 Å². The fraction of sp³-hybridized carbons (Fsp3) is 1.00. The first kappa shape index (κ1) is 14.3. The molecule has 0 radical (unpaired) electrons. The van der Waals surface area contributed by atoms with Gasteiger partial charge in [-0.2, -0.15) is 0 Å². The van der Waals surface area contributed by atoms with E-state index in [1.54, 1.807) is 7.11 Å². The van der Waals surface area contributed by atoms with E-state index in [9.17, 15) is 0 Å². The predicted octanol–water partition coefficient (Wildman–Crippen LogP) is 1.98. The number of methoxy groups -OCH3 is 1. The molecule has 1 heterocycles. The maximum Gasteiger partial charge on any atom is 0.0848 e. The van der Waals surface area contributed by atoms with Gasteiger partial charge >= 0.3 is 0 Å². The Labute approximate surface area is 111 Å². The molecule has 2 atom stereocenters. The van der Waals surface area contributed by atoms with Crippen molar-refractivity contribution in [3.63, 3.8) is 0 Å². The smallest absolute Gasteiger partial charge is 0.0848 e. The molecule has 0 aromatic carbocycles. The van der Waals surface area contributed by atoms with Crippen molar-refractivity contribution in [1.82, 2.24) is 5.43 Å². The van der Waals surface area contributed by atoms with Gasteiger partial charge in [0.2, 0.25) is 0 Å². The van der Waals surface area contributed by atoms with Crippen molar-refractivity contribution in [2.45, 2.75) is 76.2 Å². The maximum atomic E-state index is 6.19. The third kappa shape index (κ3) is 2.20. The minimum atomic E-state index is -0.165. The third-order valence-electron chi connectivity index (χ3n) is 4.90. The second-order valence-corrected chi connectivity index (χ2v) is 7.04. The molecule has 0 amide bonds. The van der Waals surface area contributed by atoms with Crippen LogP contribution in [-0.2, 0) is 9.47 Å². The van der Waals surface area contributed by atoms with Crippen molar-refractivity contribution in [2.75, 3.05) is 7.11 Å². The number of ether oxygens (including phenoxy) is 2. The van der Waals surface area contributed by atoms with Gasteiger partial charge in [-0.15, -0.1) is 0 Å². The second kappa shape index (κ2) is 4.44. The van der Waals surface area contributed by atoms with Gasteiger partial charge in [-0.3, -0.25) is 11.3 Å². The van der Waals surface area contributed by atoms with Gasteiger partial charge in [0.25, 0.3) is 0 Å². The largest absolute Gasteiger partial charge is 0.377 e. The summed E-state index contributed by atoms with van der Waals surface area (Å²) in [6.45, 7) is 8.64. The van der Waals surface area contributed by atoms with Crippen LogP contribution in [0.4, 0.5) is 0 Å². The van der Waals surface area contributed by atoms with Crippen molar-refractivity contribution >= 4 is 0 Å². The zero-order valence-corrected chi connectivity index (χ0v) is 12.4. The molecule has 18 heavy (non-hydrogen) atoms. The Hall–Kier alpha value is -0.160. The van der Waals surface area contributed by atoms with Crippen molar-refractivity contribution < 1.29 is 9.47 Å². The lowest BCUT2D eigenvalue weighted by Gasteiger charge is -2.50. The molecule has 4 heteroatoms. The standard InChI is InChI=1S/C14H28N2O2/c1-12(2)9-10(13(3,4)18-12)11(16-15)14(17-5)7-6-8-14/h10-11,16H,6-9,15H2,1-5H3. The van der Waals surface area contributed by atoms with Gasteiger partial charge in [0.15, 0.2) is 0 Å². The Kier molecular flexibility index (Phi) is 3.52. The van der Waals surface area contributed by atoms with Gasteiger partial charge in [-0.05, 0) is 53.4 Å². The molecule has 0 spiro atoms. The molecule has 1 saturated heterocycles. The summed E-state index contributed by atoms with van der Waals surface area (Å²) in [7, 11) is 1.80. The Balaban J connectivity index is 2.23. The monoisotopic (exact) mass is 256 g/mol. The summed E-state index contributed by atoms with van der Waals surface area (Å²) in [6.07, 6.45) is 4.42. The molecule has 2 aliphatic rings. The van der Waals surface area contributed by atoms with E-state index in [0.29, 0.717) is 5.92 Å². The lowest BCUT2D eigenvalue weighted by atomic mass is 9.66. The number of nitrogens with one attached hydrogen (secondary N) is 1. The summed E-state index contributed by atoms with van der Waals surface area (Å²) in [5.74, 6) is 6.22. The molecule has 0 bridgehead atoms. The van der Waals surface area contributed by atoms with Crippen molar-refractivity contribution in [3.8, 4) is 0 Å². The maximum absolute atomic E-state index is 6.19. The summed E-state index contributed by atoms with van der Waals surface area (Å²) >= 11 is 0. The molecule has 2 fully saturated rings. The molecule has 2 unspecified atom stereocenters. The minimum Gasteiger partial charge on any atom is -0.377 e. The zero-order valence-electron chi connectivity index (χ0n) is 12.4. The molecule has 106 valence electrons. The number of rotatable bonds is 4. The van der Waals surface area contributed by atoms with Crippen LogP contribution >= 0.6 is 0 Å². The Morgan fingerprint density at radius 1 is 1.28 bits per heavy atom. The average Bonchev–Trinajstić information content (AvgIpc) is 2.40. The lowest BCUT2D eigenvalue weighted by Crippen LogP contribution is -2.63. The number of hydrogen-bond donors (Lipinski definition) is 2. The highest BCUT2D eigenvalue weighted by Crippen LogP contribution is 2.49. The molecule has 1 aliphatic heterocycles. The van der Waals surface area contributed by atoms with Crippen LogP contribution in [0.25, 0.3) is 0 Å². The van der Waals surface area contributed by atoms with Crippen LogP contribution in [0.1, 0.15) is 53.4 Å². The zero-order chi connectivity index (χ0) is 13.6. The van der Waals surface area contributed by atoms with Gasteiger partial charge < -0.3 is 9.47 Å². The summed E-state index contributed by atoms with van der Waals surface area (Å²) < 4.78 is 12.0. The van der Waals surface area contributed by atoms with E-state index in [0.717, 1.165) is 19.3 Å². The number of hydrogen-bond acceptors (Lipinski definition) is 4. The van der Waals surface area contributed by atoms with E-state index in [1.165, 1.54) is 6.42 Å². The average molecular weight is 256 g/mol. The first-order valence-electron chi connectivity index (χ1n) is 6.98. The van der Waals surface area contributed by atoms with Crippen LogP contribution in [0.2, 0.25) is 0 Å². The van der Waals surface area contributed by atoms with Crippen LogP contribution < -0.4 is 11.3 Å². The third-order valence-corrected chi connectivity index (χ3v) is 4.90. The van der Waals surface area contributed by atoms with Gasteiger partial charge in [-0.1, -0.05) is 0 Å². The molecule has 1 aliphatic carbocycles. The highest BCUT2D eigenvalue weighted by molar-refractivity contribution is 5.09. The van der Waals surface area contributed by atoms with Crippen molar-refractivity contribution in [1.29, 1.82) is 0 Å². The van der Waals surface area contributed by atoms with Gasteiger partial charge in [0.05, 0.1) is 22.8 Å². The van der Waals surface area contributed by atoms with E-state index < -0.39 is 0 Å². The molecule has 0 aromatic rings. The predicted molar refractivity (Wildman–Crippen MR) is 72.1 cm³/mol. The van der Waals surface area contributed by atoms with Crippen LogP contribution in [0.3, 0.4) is 0 Å². The van der Waals surface area contributed by atoms with Gasteiger partial charge in [-0.25, -0.2) is 0 Å². The van der Waals surface area contributed by atoms with Gasteiger partial charge in [0.1, 0.15) is 0 Å². The number of hydrazine groups is 1. The molecule has 4 nitrogen and oxygen atoms in total. The van der Waals surface area contributed by atoms with E-state index in [4.69, 9.17) is 15.3 Å². The van der Waals surface area contributed by atoms with Crippen LogP contribution in [0.15, 0.2) is 0 Å². The molecule has 1 saturated carbocycles. The quantitative estimate of drug-likeness (QED) is 0.596. The fourth-order valence-corrected chi connectivity index (χ4v) is 3.93. The second-order valence-electron chi connectivity index (χ2n) is 7.04. The summed E-state index contributed by atoms with van der Waals surface area (Å²) in [4.78, 5) is 0. The van der Waals surface area contributed by atoms with Gasteiger partial charge in [0, 0.05) is 13.0 Å². The normalized spacial score (nSPS) is 34.0. The Morgan fingerprint density at radius 2 is 1.89 bits per heavy atom. The van der Waals surface area contributed by atoms with Crippen molar-refractivity contribution in [2.24, 2.45) is 11.8 Å². The Morgan fingerprint density at radius 3 is 2.17 bits per heavy atom. The molecule has 0 aromatic heterocycles. The van der Waals surface area contributed by atoms with Crippen LogP contribution in [0.5, 0.6) is 0 Å². The first-order valence-corrected chi connectivity index (χ1v) is 6.98. The molecular weight excluding hydrogens is 228 g/mol. The van der Waals surface area contributed by atoms with E-state index >= 15 is 0 Å². The fourth-order valence-electron chi connectivity index (χ4n) is 3.93. The van der Waals surface area contributed by atoms with E-state index in [2.05, 4.69) is 33.1 Å². The SMILES string of the molecule is COC1(C(NN)C2CC(C)(C)OC2(C)C)CCC1. The first-order chi connectivity index (χ1) is 8.26. The highest BCUT2D eigenvalue weighted by atomic mass is 16.5. The molecule has 3 N–H and O–H groups in total. The minimum absolute atomic E-state index is 0.0814. The summed E-state index contributed by atoms with van der Waals surface area (Å²) in [5.41, 5.74) is 2.68. The van der Waals surface area contributed by atoms with Crippen LogP contribution in [0, 0.1) is 5.92 Å². The van der Waals surface area contributed by atoms with Crippen LogP contribution in [-0.4, -0.2) is 30.0 Å². The summed E-state index contributed by atoms with van der Waals surface area (Å²) in [5, 5.41) is 0. The van der Waals surface area contributed by atoms with E-state index in [1.807, 2.05) is 0 Å². The highest BCUT2D eigenvalue weighted by Gasteiger charge is 2.56. The topological polar surface area (TPSA) is 56.5 Å². The van der Waals surface area contributed by atoms with Crippen molar-refractivity contribution in [3.05, 3.63) is 0 Å². The molecular formula is C14H28N2O2. The lowest BCUT2D eigenvalue weighted by molar-refractivity contribution is -0.133. The Bertz CT molecular complexity index is 305. The summed E-state index contributed by atoms with van der Waals surface area (Å²) in [6, 6.07) is 0.160.